The number of carbonyl (C=O) groups excluding carboxylic acids is 1. The predicted octanol–water partition coefficient (Wildman–Crippen LogP) is 3.76. The summed E-state index contributed by atoms with van der Waals surface area (Å²) in [5.74, 6) is 0.367. The van der Waals surface area contributed by atoms with Gasteiger partial charge in [-0.3, -0.25) is 9.69 Å². The maximum Gasteiger partial charge on any atom is 0.253 e. The molecule has 2 saturated heterocycles. The maximum absolute atomic E-state index is 12.8. The van der Waals surface area contributed by atoms with Crippen LogP contribution in [0.2, 0.25) is 0 Å². The van der Waals surface area contributed by atoms with Crippen LogP contribution < -0.4 is 0 Å². The summed E-state index contributed by atoms with van der Waals surface area (Å²) in [4.78, 5) is 17.4. The van der Waals surface area contributed by atoms with Gasteiger partial charge in [-0.05, 0) is 61.7 Å². The predicted molar refractivity (Wildman–Crippen MR) is 103 cm³/mol. The lowest BCUT2D eigenvalue weighted by Gasteiger charge is -2.49. The van der Waals surface area contributed by atoms with Crippen molar-refractivity contribution in [1.82, 2.24) is 9.80 Å². The van der Waals surface area contributed by atoms with Crippen LogP contribution in [0.4, 0.5) is 0 Å². The molecule has 0 aliphatic carbocycles. The summed E-state index contributed by atoms with van der Waals surface area (Å²) >= 11 is 0. The first-order valence-electron chi connectivity index (χ1n) is 9.56. The Morgan fingerprint density at radius 3 is 2.54 bits per heavy atom. The summed E-state index contributed by atoms with van der Waals surface area (Å²) in [5, 5.41) is 9.44. The molecule has 2 heterocycles. The minimum atomic E-state index is 0.117. The summed E-state index contributed by atoms with van der Waals surface area (Å²) in [6.07, 6.45) is 3.89. The van der Waals surface area contributed by atoms with Crippen LogP contribution in [0, 0.1) is 0 Å². The molecule has 1 N–H and O–H groups in total. The van der Waals surface area contributed by atoms with E-state index in [1.54, 1.807) is 12.1 Å². The van der Waals surface area contributed by atoms with Crippen LogP contribution >= 0.6 is 0 Å². The molecule has 2 aromatic carbocycles. The maximum atomic E-state index is 12.8. The summed E-state index contributed by atoms with van der Waals surface area (Å²) in [5.41, 5.74) is 2.74. The molecular weight excluding hydrogens is 324 g/mol. The fourth-order valence-corrected chi connectivity index (χ4v) is 4.16. The molecule has 4 heteroatoms. The molecular formula is C22H26N2O2. The summed E-state index contributed by atoms with van der Waals surface area (Å²) in [7, 11) is 0. The van der Waals surface area contributed by atoms with Crippen LogP contribution in [0.3, 0.4) is 0 Å². The van der Waals surface area contributed by atoms with Gasteiger partial charge in [-0.1, -0.05) is 30.7 Å². The van der Waals surface area contributed by atoms with E-state index in [-0.39, 0.29) is 11.7 Å². The average molecular weight is 350 g/mol. The first-order valence-corrected chi connectivity index (χ1v) is 9.56. The van der Waals surface area contributed by atoms with E-state index in [1.165, 1.54) is 25.8 Å². The van der Waals surface area contributed by atoms with Crippen molar-refractivity contribution < 1.29 is 9.90 Å². The highest BCUT2D eigenvalue weighted by Gasteiger charge is 2.37. The van der Waals surface area contributed by atoms with E-state index >= 15 is 0 Å². The van der Waals surface area contributed by atoms with Gasteiger partial charge in [-0.15, -0.1) is 0 Å². The highest BCUT2D eigenvalue weighted by Crippen LogP contribution is 2.27. The number of nitrogens with zero attached hydrogens (tertiary/aromatic N) is 2. The number of rotatable bonds is 3. The van der Waals surface area contributed by atoms with Crippen LogP contribution in [-0.4, -0.2) is 52.5 Å². The number of likely N-dealkylation sites (tertiary alicyclic amines) is 2. The highest BCUT2D eigenvalue weighted by molar-refractivity contribution is 5.96. The van der Waals surface area contributed by atoms with E-state index in [0.29, 0.717) is 12.1 Å². The molecule has 2 fully saturated rings. The zero-order valence-corrected chi connectivity index (χ0v) is 15.3. The van der Waals surface area contributed by atoms with E-state index in [9.17, 15) is 9.90 Å². The fraction of sp³-hybridized carbons (Fsp3) is 0.409. The second kappa shape index (κ2) is 7.12. The third-order valence-electron chi connectivity index (χ3n) is 5.78. The Kier molecular flexibility index (Phi) is 4.68. The lowest BCUT2D eigenvalue weighted by Crippen LogP contribution is -2.63. The van der Waals surface area contributed by atoms with Crippen molar-refractivity contribution in [1.29, 1.82) is 0 Å². The molecule has 136 valence electrons. The van der Waals surface area contributed by atoms with Gasteiger partial charge in [0, 0.05) is 30.7 Å². The van der Waals surface area contributed by atoms with Crippen molar-refractivity contribution in [2.24, 2.45) is 0 Å². The monoisotopic (exact) mass is 350 g/mol. The molecule has 0 bridgehead atoms. The summed E-state index contributed by atoms with van der Waals surface area (Å²) in [6.45, 7) is 5.16. The standard InChI is InChI=1S/C22H26N2O2/c1-16-5-2-3-12-24(16)20-14-23(15-20)22(26)19-7-4-6-18(13-19)17-8-10-21(25)11-9-17/h4,6-11,13,16,20,25H,2-3,5,12,14-15H2,1H3. The second-order valence-corrected chi connectivity index (χ2v) is 7.57. The first-order chi connectivity index (χ1) is 12.6. The molecule has 0 aromatic heterocycles. The van der Waals surface area contributed by atoms with E-state index in [4.69, 9.17) is 0 Å². The van der Waals surface area contributed by atoms with Crippen molar-refractivity contribution in [2.75, 3.05) is 19.6 Å². The van der Waals surface area contributed by atoms with Gasteiger partial charge in [-0.2, -0.15) is 0 Å². The van der Waals surface area contributed by atoms with Gasteiger partial charge in [0.25, 0.3) is 5.91 Å². The van der Waals surface area contributed by atoms with E-state index in [2.05, 4.69) is 11.8 Å². The number of amides is 1. The molecule has 26 heavy (non-hydrogen) atoms. The fourth-order valence-electron chi connectivity index (χ4n) is 4.16. The third-order valence-corrected chi connectivity index (χ3v) is 5.78. The molecule has 2 aliphatic rings. The molecule has 0 spiro atoms. The van der Waals surface area contributed by atoms with Gasteiger partial charge < -0.3 is 10.0 Å². The van der Waals surface area contributed by atoms with Gasteiger partial charge in [0.15, 0.2) is 0 Å². The van der Waals surface area contributed by atoms with Crippen molar-refractivity contribution in [3.8, 4) is 16.9 Å². The van der Waals surface area contributed by atoms with E-state index in [1.807, 2.05) is 41.3 Å². The Morgan fingerprint density at radius 1 is 1.04 bits per heavy atom. The summed E-state index contributed by atoms with van der Waals surface area (Å²) < 4.78 is 0. The molecule has 1 unspecified atom stereocenters. The molecule has 0 radical (unpaired) electrons. The van der Waals surface area contributed by atoms with Gasteiger partial charge in [0.1, 0.15) is 5.75 Å². The second-order valence-electron chi connectivity index (χ2n) is 7.57. The third kappa shape index (κ3) is 3.34. The molecule has 2 aliphatic heterocycles. The molecule has 0 saturated carbocycles. The zero-order valence-electron chi connectivity index (χ0n) is 15.3. The van der Waals surface area contributed by atoms with Crippen LogP contribution in [-0.2, 0) is 0 Å². The normalized spacial score (nSPS) is 21.4. The Hall–Kier alpha value is -2.33. The Morgan fingerprint density at radius 2 is 1.81 bits per heavy atom. The lowest BCUT2D eigenvalue weighted by molar-refractivity contribution is 0.00213. The quantitative estimate of drug-likeness (QED) is 0.917. The van der Waals surface area contributed by atoms with Crippen LogP contribution in [0.15, 0.2) is 48.5 Å². The number of hydrogen-bond donors (Lipinski definition) is 1. The Bertz CT molecular complexity index is 781. The van der Waals surface area contributed by atoms with Gasteiger partial charge >= 0.3 is 0 Å². The van der Waals surface area contributed by atoms with Gasteiger partial charge in [0.2, 0.25) is 0 Å². The van der Waals surface area contributed by atoms with Gasteiger partial charge in [0.05, 0.1) is 0 Å². The number of hydrogen-bond acceptors (Lipinski definition) is 3. The number of phenols is 1. The molecule has 1 atom stereocenters. The Labute approximate surface area is 155 Å². The van der Waals surface area contributed by atoms with Crippen molar-refractivity contribution >= 4 is 5.91 Å². The smallest absolute Gasteiger partial charge is 0.253 e. The highest BCUT2D eigenvalue weighted by atomic mass is 16.3. The Balaban J connectivity index is 1.43. The van der Waals surface area contributed by atoms with Gasteiger partial charge in [-0.25, -0.2) is 0 Å². The average Bonchev–Trinajstić information content (AvgIpc) is 2.63. The largest absolute Gasteiger partial charge is 0.508 e. The molecule has 2 aromatic rings. The number of aromatic hydroxyl groups is 1. The van der Waals surface area contributed by atoms with Crippen molar-refractivity contribution in [3.05, 3.63) is 54.1 Å². The number of phenolic OH excluding ortho intramolecular Hbond substituents is 1. The minimum Gasteiger partial charge on any atom is -0.508 e. The number of benzene rings is 2. The molecule has 4 rings (SSSR count). The van der Waals surface area contributed by atoms with Crippen LogP contribution in [0.25, 0.3) is 11.1 Å². The van der Waals surface area contributed by atoms with Crippen LogP contribution in [0.5, 0.6) is 5.75 Å². The van der Waals surface area contributed by atoms with E-state index < -0.39 is 0 Å². The van der Waals surface area contributed by atoms with Crippen LogP contribution in [0.1, 0.15) is 36.5 Å². The minimum absolute atomic E-state index is 0.117. The SMILES string of the molecule is CC1CCCCN1C1CN(C(=O)c2cccc(-c3ccc(O)cc3)c2)C1. The zero-order chi connectivity index (χ0) is 18.1. The van der Waals surface area contributed by atoms with Crippen molar-refractivity contribution in [3.63, 3.8) is 0 Å². The number of carbonyl (C=O) groups is 1. The first kappa shape index (κ1) is 17.1. The van der Waals surface area contributed by atoms with E-state index in [0.717, 1.165) is 29.8 Å². The lowest BCUT2D eigenvalue weighted by atomic mass is 9.96. The number of piperidine rings is 1. The molecule has 1 amide bonds. The van der Waals surface area contributed by atoms with Crippen molar-refractivity contribution in [2.45, 2.75) is 38.3 Å². The molecule has 4 nitrogen and oxygen atoms in total. The summed E-state index contributed by atoms with van der Waals surface area (Å²) in [6, 6.07) is 16.0. The topological polar surface area (TPSA) is 43.8 Å².